The summed E-state index contributed by atoms with van der Waals surface area (Å²) in [7, 11) is 0. The average molecular weight is 409 g/mol. The number of aromatic nitrogens is 6. The first-order valence-corrected chi connectivity index (χ1v) is 9.03. The Morgan fingerprint density at radius 1 is 0.967 bits per heavy atom. The maximum absolute atomic E-state index is 14.4. The number of anilines is 1. The van der Waals surface area contributed by atoms with Crippen LogP contribution >= 0.6 is 0 Å². The van der Waals surface area contributed by atoms with Crippen molar-refractivity contribution in [2.75, 3.05) is 5.32 Å². The molecule has 4 aromatic rings. The first kappa shape index (κ1) is 19.4. The largest absolute Gasteiger partial charge is 0.319 e. The fourth-order valence-corrected chi connectivity index (χ4v) is 3.20. The van der Waals surface area contributed by atoms with Gasteiger partial charge in [-0.2, -0.15) is 9.78 Å². The summed E-state index contributed by atoms with van der Waals surface area (Å²) in [6.45, 7) is 5.10. The van der Waals surface area contributed by atoms with Gasteiger partial charge in [0, 0.05) is 0 Å². The minimum absolute atomic E-state index is 0.0132. The summed E-state index contributed by atoms with van der Waals surface area (Å²) in [6.07, 6.45) is 0. The van der Waals surface area contributed by atoms with Crippen molar-refractivity contribution in [3.05, 3.63) is 76.9 Å². The zero-order valence-corrected chi connectivity index (χ0v) is 16.4. The standard InChI is InChI=1S/C20H17F2N7O/c1-11-19(12(2)28(25-11)15-6-4-14(21)5-7-15)20(30)23-18-10-16(8-9-17(18)22)29-13(3)24-26-27-29/h4-10H,1-3H3,(H,23,30). The lowest BCUT2D eigenvalue weighted by atomic mass is 10.1. The Morgan fingerprint density at radius 2 is 1.67 bits per heavy atom. The third-order valence-corrected chi connectivity index (χ3v) is 4.66. The number of rotatable bonds is 4. The van der Waals surface area contributed by atoms with Gasteiger partial charge in [0.05, 0.1) is 34.0 Å². The van der Waals surface area contributed by atoms with Crippen molar-refractivity contribution in [1.29, 1.82) is 0 Å². The fraction of sp³-hybridized carbons (Fsp3) is 0.150. The van der Waals surface area contributed by atoms with Crippen LogP contribution in [-0.4, -0.2) is 35.9 Å². The summed E-state index contributed by atoms with van der Waals surface area (Å²) in [4.78, 5) is 12.9. The van der Waals surface area contributed by atoms with Crippen LogP contribution in [0.4, 0.5) is 14.5 Å². The highest BCUT2D eigenvalue weighted by atomic mass is 19.1. The molecule has 0 aliphatic rings. The van der Waals surface area contributed by atoms with Gasteiger partial charge in [-0.15, -0.1) is 5.10 Å². The van der Waals surface area contributed by atoms with Crippen LogP contribution in [0, 0.1) is 32.4 Å². The number of amides is 1. The SMILES string of the molecule is Cc1nn(-c2ccc(F)cc2)c(C)c1C(=O)Nc1cc(-n2nnnc2C)ccc1F. The molecule has 8 nitrogen and oxygen atoms in total. The lowest BCUT2D eigenvalue weighted by molar-refractivity contribution is 0.102. The van der Waals surface area contributed by atoms with Gasteiger partial charge in [0.2, 0.25) is 0 Å². The molecule has 30 heavy (non-hydrogen) atoms. The number of carbonyl (C=O) groups excluding carboxylic acids is 1. The Morgan fingerprint density at radius 3 is 2.33 bits per heavy atom. The van der Waals surface area contributed by atoms with E-state index in [0.29, 0.717) is 34.2 Å². The lowest BCUT2D eigenvalue weighted by Gasteiger charge is -2.10. The Balaban J connectivity index is 1.67. The minimum Gasteiger partial charge on any atom is -0.319 e. The van der Waals surface area contributed by atoms with Gasteiger partial charge >= 0.3 is 0 Å². The molecule has 10 heteroatoms. The van der Waals surface area contributed by atoms with Gasteiger partial charge in [0.25, 0.3) is 5.91 Å². The Hall–Kier alpha value is -3.95. The molecule has 0 atom stereocenters. The van der Waals surface area contributed by atoms with E-state index < -0.39 is 11.7 Å². The van der Waals surface area contributed by atoms with E-state index in [-0.39, 0.29) is 11.5 Å². The fourth-order valence-electron chi connectivity index (χ4n) is 3.20. The molecule has 2 heterocycles. The Labute approximate surface area is 170 Å². The van der Waals surface area contributed by atoms with Gasteiger partial charge in [-0.05, 0) is 73.7 Å². The summed E-state index contributed by atoms with van der Waals surface area (Å²) >= 11 is 0. The molecule has 152 valence electrons. The quantitative estimate of drug-likeness (QED) is 0.559. The smallest absolute Gasteiger partial charge is 0.259 e. The van der Waals surface area contributed by atoms with E-state index in [4.69, 9.17) is 0 Å². The van der Waals surface area contributed by atoms with Crippen molar-refractivity contribution in [1.82, 2.24) is 30.0 Å². The zero-order chi connectivity index (χ0) is 21.4. The van der Waals surface area contributed by atoms with Crippen LogP contribution in [0.5, 0.6) is 0 Å². The maximum Gasteiger partial charge on any atom is 0.259 e. The number of halogens is 2. The number of carbonyl (C=O) groups is 1. The van der Waals surface area contributed by atoms with Gasteiger partial charge in [-0.3, -0.25) is 4.79 Å². The molecule has 0 radical (unpaired) electrons. The monoisotopic (exact) mass is 409 g/mol. The number of nitrogens with one attached hydrogen (secondary N) is 1. The van der Waals surface area contributed by atoms with Crippen LogP contribution in [0.15, 0.2) is 42.5 Å². The van der Waals surface area contributed by atoms with Gasteiger partial charge in [0.1, 0.15) is 11.6 Å². The van der Waals surface area contributed by atoms with E-state index >= 15 is 0 Å². The highest BCUT2D eigenvalue weighted by Crippen LogP contribution is 2.23. The molecule has 1 N–H and O–H groups in total. The molecule has 0 saturated carbocycles. The summed E-state index contributed by atoms with van der Waals surface area (Å²) in [5.41, 5.74) is 2.41. The third kappa shape index (κ3) is 3.43. The van der Waals surface area contributed by atoms with Crippen LogP contribution in [0.3, 0.4) is 0 Å². The third-order valence-electron chi connectivity index (χ3n) is 4.66. The first-order chi connectivity index (χ1) is 14.3. The highest BCUT2D eigenvalue weighted by Gasteiger charge is 2.21. The molecule has 2 aromatic heterocycles. The molecule has 0 saturated heterocycles. The van der Waals surface area contributed by atoms with Crippen LogP contribution in [0.25, 0.3) is 11.4 Å². The maximum atomic E-state index is 14.4. The van der Waals surface area contributed by atoms with E-state index in [2.05, 4.69) is 25.9 Å². The molecule has 0 aliphatic carbocycles. The summed E-state index contributed by atoms with van der Waals surface area (Å²) in [5.74, 6) is -0.959. The van der Waals surface area contributed by atoms with E-state index in [1.54, 1.807) is 37.6 Å². The molecule has 0 unspecified atom stereocenters. The molecule has 0 aliphatic heterocycles. The molecule has 0 fully saturated rings. The normalized spacial score (nSPS) is 11.0. The number of aryl methyl sites for hydroxylation is 2. The molecular weight excluding hydrogens is 392 g/mol. The predicted octanol–water partition coefficient (Wildman–Crippen LogP) is 3.30. The highest BCUT2D eigenvalue weighted by molar-refractivity contribution is 6.06. The molecular formula is C20H17F2N7O. The summed E-state index contributed by atoms with van der Waals surface area (Å²) in [5, 5.41) is 18.2. The molecule has 0 bridgehead atoms. The Kier molecular flexibility index (Phi) is 4.82. The minimum atomic E-state index is -0.598. The number of benzene rings is 2. The lowest BCUT2D eigenvalue weighted by Crippen LogP contribution is -2.15. The van der Waals surface area contributed by atoms with Crippen molar-refractivity contribution < 1.29 is 13.6 Å². The number of hydrogen-bond donors (Lipinski definition) is 1. The second kappa shape index (κ2) is 7.47. The van der Waals surface area contributed by atoms with Crippen LogP contribution in [-0.2, 0) is 0 Å². The number of nitrogens with zero attached hydrogens (tertiary/aromatic N) is 6. The van der Waals surface area contributed by atoms with E-state index in [0.717, 1.165) is 0 Å². The zero-order valence-electron chi connectivity index (χ0n) is 16.4. The van der Waals surface area contributed by atoms with Crippen LogP contribution in [0.1, 0.15) is 27.6 Å². The van der Waals surface area contributed by atoms with Gasteiger partial charge < -0.3 is 5.32 Å². The summed E-state index contributed by atoms with van der Waals surface area (Å²) < 4.78 is 30.5. The van der Waals surface area contributed by atoms with E-state index in [9.17, 15) is 13.6 Å². The predicted molar refractivity (Wildman–Crippen MR) is 105 cm³/mol. The van der Waals surface area contributed by atoms with Gasteiger partial charge in [-0.25, -0.2) is 13.5 Å². The number of hydrogen-bond acceptors (Lipinski definition) is 5. The number of tetrazole rings is 1. The molecule has 1 amide bonds. The van der Waals surface area contributed by atoms with Crippen LogP contribution < -0.4 is 5.32 Å². The topological polar surface area (TPSA) is 90.5 Å². The van der Waals surface area contributed by atoms with Gasteiger partial charge in [-0.1, -0.05) is 0 Å². The summed E-state index contributed by atoms with van der Waals surface area (Å²) in [6, 6.07) is 9.94. The average Bonchev–Trinajstić information content (AvgIpc) is 3.27. The first-order valence-electron chi connectivity index (χ1n) is 9.03. The second-order valence-corrected chi connectivity index (χ2v) is 6.69. The van der Waals surface area contributed by atoms with Crippen molar-refractivity contribution in [2.24, 2.45) is 0 Å². The molecule has 4 rings (SSSR count). The molecule has 0 spiro atoms. The van der Waals surface area contributed by atoms with Crippen molar-refractivity contribution >= 4 is 11.6 Å². The van der Waals surface area contributed by atoms with Crippen molar-refractivity contribution in [3.8, 4) is 11.4 Å². The molecule has 2 aromatic carbocycles. The van der Waals surface area contributed by atoms with Crippen LogP contribution in [0.2, 0.25) is 0 Å². The van der Waals surface area contributed by atoms with E-state index in [1.165, 1.54) is 35.0 Å². The van der Waals surface area contributed by atoms with Crippen molar-refractivity contribution in [2.45, 2.75) is 20.8 Å². The Bertz CT molecular complexity index is 1240. The van der Waals surface area contributed by atoms with E-state index in [1.807, 2.05) is 0 Å². The second-order valence-electron chi connectivity index (χ2n) is 6.69. The van der Waals surface area contributed by atoms with Crippen molar-refractivity contribution in [3.63, 3.8) is 0 Å². The van der Waals surface area contributed by atoms with Gasteiger partial charge in [0.15, 0.2) is 5.82 Å².